The summed E-state index contributed by atoms with van der Waals surface area (Å²) in [5.74, 6) is 0.407. The first-order chi connectivity index (χ1) is 8.66. The van der Waals surface area contributed by atoms with Crippen LogP contribution in [-0.4, -0.2) is 5.11 Å². The fourth-order valence-electron chi connectivity index (χ4n) is 3.06. The molecule has 100 valence electrons. The Bertz CT molecular complexity index is 381. The predicted octanol–water partition coefficient (Wildman–Crippen LogP) is 4.53. The lowest BCUT2D eigenvalue weighted by Crippen LogP contribution is -2.08. The van der Waals surface area contributed by atoms with Gasteiger partial charge in [0, 0.05) is 0 Å². The third kappa shape index (κ3) is 3.55. The molecule has 0 aliphatic heterocycles. The Morgan fingerprint density at radius 1 is 1.22 bits per heavy atom. The highest BCUT2D eigenvalue weighted by Crippen LogP contribution is 2.32. The summed E-state index contributed by atoms with van der Waals surface area (Å²) in [5.41, 5.74) is 1.75. The number of aryl methyl sites for hydroxylation is 1. The molecule has 1 unspecified atom stereocenters. The molecule has 1 fully saturated rings. The van der Waals surface area contributed by atoms with E-state index < -0.39 is 6.10 Å². The maximum Gasteiger partial charge on any atom is 0.123 e. The standard InChI is InChI=1S/C16H23FO/c1-12-10-14(17)8-9-15(12)16(18)11-13-6-4-2-3-5-7-13/h8-10,13,16,18H,2-7,11H2,1H3. The van der Waals surface area contributed by atoms with Gasteiger partial charge in [0.25, 0.3) is 0 Å². The van der Waals surface area contributed by atoms with E-state index in [1.807, 2.05) is 6.92 Å². The molecule has 2 heteroatoms. The van der Waals surface area contributed by atoms with Crippen molar-refractivity contribution in [2.24, 2.45) is 5.92 Å². The van der Waals surface area contributed by atoms with Gasteiger partial charge in [-0.3, -0.25) is 0 Å². The number of aliphatic hydroxyl groups excluding tert-OH is 1. The number of hydrogen-bond donors (Lipinski definition) is 1. The minimum absolute atomic E-state index is 0.224. The van der Waals surface area contributed by atoms with Gasteiger partial charge in [-0.05, 0) is 42.5 Å². The summed E-state index contributed by atoms with van der Waals surface area (Å²) in [6.45, 7) is 1.87. The normalized spacial score (nSPS) is 19.5. The van der Waals surface area contributed by atoms with Crippen molar-refractivity contribution in [3.05, 3.63) is 35.1 Å². The Hall–Kier alpha value is -0.890. The van der Waals surface area contributed by atoms with Crippen LogP contribution in [0.1, 0.15) is 62.2 Å². The van der Waals surface area contributed by atoms with Crippen molar-refractivity contribution in [1.82, 2.24) is 0 Å². The third-order valence-corrected chi connectivity index (χ3v) is 4.12. The van der Waals surface area contributed by atoms with Crippen molar-refractivity contribution < 1.29 is 9.50 Å². The first-order valence-electron chi connectivity index (χ1n) is 7.11. The molecule has 1 aliphatic carbocycles. The topological polar surface area (TPSA) is 20.2 Å². The first kappa shape index (κ1) is 13.5. The summed E-state index contributed by atoms with van der Waals surface area (Å²) in [5, 5.41) is 10.3. The highest BCUT2D eigenvalue weighted by atomic mass is 19.1. The highest BCUT2D eigenvalue weighted by molar-refractivity contribution is 5.28. The lowest BCUT2D eigenvalue weighted by molar-refractivity contribution is 0.138. The molecule has 0 bridgehead atoms. The number of benzene rings is 1. The van der Waals surface area contributed by atoms with Crippen molar-refractivity contribution in [2.45, 2.75) is 58.0 Å². The van der Waals surface area contributed by atoms with Crippen LogP contribution < -0.4 is 0 Å². The maximum atomic E-state index is 13.0. The Morgan fingerprint density at radius 3 is 2.50 bits per heavy atom. The summed E-state index contributed by atoms with van der Waals surface area (Å²) in [6, 6.07) is 4.68. The Labute approximate surface area is 109 Å². The average molecular weight is 250 g/mol. The quantitative estimate of drug-likeness (QED) is 0.781. The minimum Gasteiger partial charge on any atom is -0.388 e. The molecule has 0 amide bonds. The van der Waals surface area contributed by atoms with E-state index in [1.54, 1.807) is 6.07 Å². The van der Waals surface area contributed by atoms with Gasteiger partial charge in [0.1, 0.15) is 5.82 Å². The van der Waals surface area contributed by atoms with E-state index in [0.29, 0.717) is 5.92 Å². The minimum atomic E-state index is -0.436. The number of aliphatic hydroxyl groups is 1. The largest absolute Gasteiger partial charge is 0.388 e. The number of halogens is 1. The van der Waals surface area contributed by atoms with Crippen LogP contribution in [0.5, 0.6) is 0 Å². The summed E-state index contributed by atoms with van der Waals surface area (Å²) >= 11 is 0. The average Bonchev–Trinajstić information content (AvgIpc) is 2.57. The monoisotopic (exact) mass is 250 g/mol. The molecule has 0 heterocycles. The van der Waals surface area contributed by atoms with Crippen molar-refractivity contribution in [1.29, 1.82) is 0 Å². The Balaban J connectivity index is 1.99. The first-order valence-corrected chi connectivity index (χ1v) is 7.11. The third-order valence-electron chi connectivity index (χ3n) is 4.12. The van der Waals surface area contributed by atoms with E-state index in [-0.39, 0.29) is 5.82 Å². The van der Waals surface area contributed by atoms with Gasteiger partial charge in [0.05, 0.1) is 6.10 Å². The molecule has 1 atom stereocenters. The molecule has 1 N–H and O–H groups in total. The fourth-order valence-corrected chi connectivity index (χ4v) is 3.06. The molecule has 2 rings (SSSR count). The second-order valence-corrected chi connectivity index (χ2v) is 5.61. The molecule has 1 aliphatic rings. The maximum absolute atomic E-state index is 13.0. The van der Waals surface area contributed by atoms with Crippen LogP contribution in [0.15, 0.2) is 18.2 Å². The van der Waals surface area contributed by atoms with Crippen LogP contribution in [0.3, 0.4) is 0 Å². The van der Waals surface area contributed by atoms with Crippen LogP contribution in [0.2, 0.25) is 0 Å². The summed E-state index contributed by atoms with van der Waals surface area (Å²) < 4.78 is 13.0. The molecule has 0 spiro atoms. The van der Waals surface area contributed by atoms with Gasteiger partial charge in [-0.15, -0.1) is 0 Å². The van der Waals surface area contributed by atoms with Crippen LogP contribution >= 0.6 is 0 Å². The number of rotatable bonds is 3. The second-order valence-electron chi connectivity index (χ2n) is 5.61. The second kappa shape index (κ2) is 6.33. The van der Waals surface area contributed by atoms with Gasteiger partial charge in [0.2, 0.25) is 0 Å². The Kier molecular flexibility index (Phi) is 4.76. The van der Waals surface area contributed by atoms with Crippen molar-refractivity contribution in [3.8, 4) is 0 Å². The summed E-state index contributed by atoms with van der Waals surface area (Å²) in [4.78, 5) is 0. The lowest BCUT2D eigenvalue weighted by Gasteiger charge is -2.20. The zero-order valence-corrected chi connectivity index (χ0v) is 11.2. The van der Waals surface area contributed by atoms with Crippen LogP contribution in [0.25, 0.3) is 0 Å². The van der Waals surface area contributed by atoms with Gasteiger partial charge < -0.3 is 5.11 Å². The molecule has 1 aromatic rings. The van der Waals surface area contributed by atoms with Gasteiger partial charge in [-0.25, -0.2) is 4.39 Å². The molecule has 0 radical (unpaired) electrons. The molecule has 1 aromatic carbocycles. The van der Waals surface area contributed by atoms with Gasteiger partial charge in [-0.1, -0.05) is 44.6 Å². The van der Waals surface area contributed by atoms with E-state index >= 15 is 0 Å². The van der Waals surface area contributed by atoms with E-state index in [0.717, 1.165) is 17.5 Å². The van der Waals surface area contributed by atoms with E-state index in [9.17, 15) is 9.50 Å². The van der Waals surface area contributed by atoms with Crippen molar-refractivity contribution >= 4 is 0 Å². The van der Waals surface area contributed by atoms with E-state index in [1.165, 1.54) is 50.7 Å². The lowest BCUT2D eigenvalue weighted by atomic mass is 9.90. The molecular formula is C16H23FO. The predicted molar refractivity (Wildman–Crippen MR) is 71.9 cm³/mol. The highest BCUT2D eigenvalue weighted by Gasteiger charge is 2.19. The van der Waals surface area contributed by atoms with Crippen LogP contribution in [0.4, 0.5) is 4.39 Å². The van der Waals surface area contributed by atoms with Gasteiger partial charge in [-0.2, -0.15) is 0 Å². The molecular weight excluding hydrogens is 227 g/mol. The van der Waals surface area contributed by atoms with E-state index in [2.05, 4.69) is 0 Å². The molecule has 18 heavy (non-hydrogen) atoms. The molecule has 1 saturated carbocycles. The summed E-state index contributed by atoms with van der Waals surface area (Å²) in [7, 11) is 0. The SMILES string of the molecule is Cc1cc(F)ccc1C(O)CC1CCCCCC1. The zero-order valence-electron chi connectivity index (χ0n) is 11.2. The van der Waals surface area contributed by atoms with Crippen LogP contribution in [-0.2, 0) is 0 Å². The van der Waals surface area contributed by atoms with E-state index in [4.69, 9.17) is 0 Å². The van der Waals surface area contributed by atoms with Crippen molar-refractivity contribution in [3.63, 3.8) is 0 Å². The van der Waals surface area contributed by atoms with Gasteiger partial charge in [0.15, 0.2) is 0 Å². The summed E-state index contributed by atoms with van der Waals surface area (Å²) in [6.07, 6.45) is 8.11. The van der Waals surface area contributed by atoms with Crippen molar-refractivity contribution in [2.75, 3.05) is 0 Å². The Morgan fingerprint density at radius 2 is 1.89 bits per heavy atom. The molecule has 1 nitrogen and oxygen atoms in total. The fraction of sp³-hybridized carbons (Fsp3) is 0.625. The molecule has 0 aromatic heterocycles. The van der Waals surface area contributed by atoms with Crippen LogP contribution in [0, 0.1) is 18.7 Å². The van der Waals surface area contributed by atoms with Gasteiger partial charge >= 0.3 is 0 Å². The number of hydrogen-bond acceptors (Lipinski definition) is 1. The molecule has 0 saturated heterocycles. The smallest absolute Gasteiger partial charge is 0.123 e. The zero-order chi connectivity index (χ0) is 13.0.